The molecule has 0 aromatic heterocycles. The van der Waals surface area contributed by atoms with Gasteiger partial charge in [0.15, 0.2) is 0 Å². The molecule has 0 aliphatic rings. The molecule has 48 heavy (non-hydrogen) atoms. The zero-order chi connectivity index (χ0) is 33.6. The Morgan fingerprint density at radius 3 is 0.875 bits per heavy atom. The molecule has 242 valence electrons. The molecule has 6 aromatic rings. The van der Waals surface area contributed by atoms with Crippen molar-refractivity contribution in [3.05, 3.63) is 157 Å². The molecule has 0 aliphatic carbocycles. The Hall–Kier alpha value is -4.22. The van der Waals surface area contributed by atoms with Crippen molar-refractivity contribution in [2.45, 2.75) is 39.5 Å². The minimum atomic E-state index is -0.976. The number of methoxy groups -OCH3 is 2. The van der Waals surface area contributed by atoms with Crippen LogP contribution in [0.5, 0.6) is 11.5 Å². The smallest absolute Gasteiger partial charge is 0.127 e. The lowest BCUT2D eigenvalue weighted by atomic mass is 9.92. The summed E-state index contributed by atoms with van der Waals surface area (Å²) in [6, 6.07) is 53.0. The maximum absolute atomic E-state index is 6.41. The predicted octanol–water partition coefficient (Wildman–Crippen LogP) is 9.13. The molecule has 0 N–H and O–H groups in total. The summed E-state index contributed by atoms with van der Waals surface area (Å²) >= 11 is 0. The van der Waals surface area contributed by atoms with Crippen LogP contribution in [0.25, 0.3) is 11.1 Å². The summed E-state index contributed by atoms with van der Waals surface area (Å²) in [4.78, 5) is 0. The van der Waals surface area contributed by atoms with E-state index in [1.807, 2.05) is 0 Å². The van der Waals surface area contributed by atoms with Crippen molar-refractivity contribution in [2.75, 3.05) is 14.2 Å². The van der Waals surface area contributed by atoms with E-state index in [9.17, 15) is 0 Å². The summed E-state index contributed by atoms with van der Waals surface area (Å²) in [5.41, 5.74) is 4.93. The molecule has 0 unspecified atom stereocenters. The average molecular weight is 667 g/mol. The lowest BCUT2D eigenvalue weighted by molar-refractivity contribution is 0.410. The highest BCUT2D eigenvalue weighted by Crippen LogP contribution is 2.49. The Morgan fingerprint density at radius 1 is 0.375 bits per heavy atom. The van der Waals surface area contributed by atoms with Crippen LogP contribution in [-0.4, -0.2) is 14.2 Å². The second-order valence-electron chi connectivity index (χ2n) is 12.5. The molecule has 0 radical (unpaired) electrons. The number of benzene rings is 6. The SMILES string of the molecule is COc1ccc(C(C)C)c(P(c2ccccc2)c2ccccc2)c1-c1c(OC)ccc(C(C)C)c1P(c1ccccc1)c1ccccc1. The van der Waals surface area contributed by atoms with Gasteiger partial charge in [-0.25, -0.2) is 0 Å². The van der Waals surface area contributed by atoms with Gasteiger partial charge < -0.3 is 9.47 Å². The van der Waals surface area contributed by atoms with Crippen molar-refractivity contribution in [1.29, 1.82) is 0 Å². The first-order valence-corrected chi connectivity index (χ1v) is 19.4. The third-order valence-corrected chi connectivity index (χ3v) is 13.9. The standard InChI is InChI=1S/C44H44O2P2/c1-31(2)37-27-29-39(45-5)41(43(37)47(33-19-11-7-12-20-33)34-21-13-8-14-22-34)42-40(46-6)30-28-38(32(3)4)44(42)48(35-23-15-9-16-24-35)36-25-17-10-18-26-36/h7-32H,1-6H3. The number of hydrogen-bond acceptors (Lipinski definition) is 2. The van der Waals surface area contributed by atoms with Gasteiger partial charge in [0.1, 0.15) is 11.5 Å². The van der Waals surface area contributed by atoms with Crippen LogP contribution in [0.4, 0.5) is 0 Å². The van der Waals surface area contributed by atoms with E-state index in [0.717, 1.165) is 22.6 Å². The average Bonchev–Trinajstić information content (AvgIpc) is 3.13. The van der Waals surface area contributed by atoms with Crippen LogP contribution < -0.4 is 41.3 Å². The van der Waals surface area contributed by atoms with Gasteiger partial charge in [-0.05, 0) is 72.2 Å². The van der Waals surface area contributed by atoms with Gasteiger partial charge in [0, 0.05) is 21.7 Å². The Labute approximate surface area is 289 Å². The van der Waals surface area contributed by atoms with E-state index in [0.29, 0.717) is 0 Å². The van der Waals surface area contributed by atoms with Crippen LogP contribution in [0.2, 0.25) is 0 Å². The Bertz CT molecular complexity index is 1720. The molecule has 0 saturated carbocycles. The van der Waals surface area contributed by atoms with Gasteiger partial charge in [0.2, 0.25) is 0 Å². The molecule has 0 spiro atoms. The fraction of sp³-hybridized carbons (Fsp3) is 0.182. The van der Waals surface area contributed by atoms with E-state index < -0.39 is 15.8 Å². The molecule has 0 bridgehead atoms. The normalized spacial score (nSPS) is 11.5. The highest BCUT2D eigenvalue weighted by Gasteiger charge is 2.33. The molecule has 0 saturated heterocycles. The third-order valence-electron chi connectivity index (χ3n) is 8.78. The lowest BCUT2D eigenvalue weighted by Crippen LogP contribution is -2.30. The molecular weight excluding hydrogens is 622 g/mol. The number of hydrogen-bond donors (Lipinski definition) is 0. The van der Waals surface area contributed by atoms with E-state index in [1.165, 1.54) is 43.0 Å². The molecule has 0 amide bonds. The first kappa shape index (κ1) is 33.7. The van der Waals surface area contributed by atoms with E-state index in [1.54, 1.807) is 14.2 Å². The number of ether oxygens (including phenoxy) is 2. The molecular formula is C44H44O2P2. The van der Waals surface area contributed by atoms with Crippen LogP contribution >= 0.6 is 15.8 Å². The van der Waals surface area contributed by atoms with Crippen molar-refractivity contribution in [3.63, 3.8) is 0 Å². The van der Waals surface area contributed by atoms with Crippen LogP contribution in [0.15, 0.2) is 146 Å². The minimum Gasteiger partial charge on any atom is -0.496 e. The van der Waals surface area contributed by atoms with Crippen molar-refractivity contribution in [3.8, 4) is 22.6 Å². The quantitative estimate of drug-likeness (QED) is 0.129. The first-order valence-electron chi connectivity index (χ1n) is 16.7. The Morgan fingerprint density at radius 2 is 0.646 bits per heavy atom. The summed E-state index contributed by atoms with van der Waals surface area (Å²) in [5, 5.41) is 7.89. The summed E-state index contributed by atoms with van der Waals surface area (Å²) < 4.78 is 12.8. The zero-order valence-corrected chi connectivity index (χ0v) is 30.5. The van der Waals surface area contributed by atoms with Crippen molar-refractivity contribution >= 4 is 47.7 Å². The van der Waals surface area contributed by atoms with Gasteiger partial charge in [-0.2, -0.15) is 0 Å². The largest absolute Gasteiger partial charge is 0.496 e. The number of rotatable bonds is 11. The third kappa shape index (κ3) is 6.71. The maximum Gasteiger partial charge on any atom is 0.127 e. The summed E-state index contributed by atoms with van der Waals surface area (Å²) in [6.45, 7) is 9.23. The van der Waals surface area contributed by atoms with Crippen LogP contribution in [-0.2, 0) is 0 Å². The summed E-state index contributed by atoms with van der Waals surface area (Å²) in [7, 11) is 1.66. The Kier molecular flexibility index (Phi) is 10.8. The highest BCUT2D eigenvalue weighted by atomic mass is 31.1. The van der Waals surface area contributed by atoms with Gasteiger partial charge in [-0.3, -0.25) is 0 Å². The fourth-order valence-electron chi connectivity index (χ4n) is 6.54. The van der Waals surface area contributed by atoms with E-state index in [-0.39, 0.29) is 11.8 Å². The maximum atomic E-state index is 6.41. The molecule has 0 heterocycles. The van der Waals surface area contributed by atoms with Crippen molar-refractivity contribution in [1.82, 2.24) is 0 Å². The second-order valence-corrected chi connectivity index (χ2v) is 16.8. The molecule has 0 fully saturated rings. The zero-order valence-electron chi connectivity index (χ0n) is 28.7. The summed E-state index contributed by atoms with van der Waals surface area (Å²) in [5.74, 6) is 2.31. The lowest BCUT2D eigenvalue weighted by Gasteiger charge is -2.32. The summed E-state index contributed by atoms with van der Waals surface area (Å²) in [6.07, 6.45) is 0. The first-order chi connectivity index (χ1) is 23.4. The van der Waals surface area contributed by atoms with E-state index in [2.05, 4.69) is 173 Å². The molecule has 6 aromatic carbocycles. The fourth-order valence-corrected chi connectivity index (χ4v) is 12.1. The van der Waals surface area contributed by atoms with Crippen LogP contribution in [0.1, 0.15) is 50.7 Å². The Balaban J connectivity index is 1.83. The van der Waals surface area contributed by atoms with Crippen LogP contribution in [0, 0.1) is 0 Å². The second kappa shape index (κ2) is 15.3. The van der Waals surface area contributed by atoms with E-state index >= 15 is 0 Å². The van der Waals surface area contributed by atoms with Gasteiger partial charge in [-0.1, -0.05) is 161 Å². The topological polar surface area (TPSA) is 18.5 Å². The van der Waals surface area contributed by atoms with Crippen LogP contribution in [0.3, 0.4) is 0 Å². The minimum absolute atomic E-state index is 0.287. The van der Waals surface area contributed by atoms with Gasteiger partial charge in [-0.15, -0.1) is 0 Å². The molecule has 0 atom stereocenters. The molecule has 6 rings (SSSR count). The van der Waals surface area contributed by atoms with Gasteiger partial charge in [0.05, 0.1) is 14.2 Å². The monoisotopic (exact) mass is 666 g/mol. The molecule has 4 heteroatoms. The van der Waals surface area contributed by atoms with Crippen molar-refractivity contribution < 1.29 is 9.47 Å². The van der Waals surface area contributed by atoms with Gasteiger partial charge >= 0.3 is 0 Å². The van der Waals surface area contributed by atoms with E-state index in [4.69, 9.17) is 9.47 Å². The highest BCUT2D eigenvalue weighted by molar-refractivity contribution is 7.81. The van der Waals surface area contributed by atoms with Gasteiger partial charge in [0.25, 0.3) is 0 Å². The molecule has 2 nitrogen and oxygen atoms in total. The van der Waals surface area contributed by atoms with Crippen molar-refractivity contribution in [2.24, 2.45) is 0 Å². The molecule has 0 aliphatic heterocycles. The predicted molar refractivity (Wildman–Crippen MR) is 211 cm³/mol.